The van der Waals surface area contributed by atoms with Gasteiger partial charge in [0.15, 0.2) is 0 Å². The fraction of sp³-hybridized carbons (Fsp3) is 0.750. The highest BCUT2D eigenvalue weighted by molar-refractivity contribution is 4.78. The lowest BCUT2D eigenvalue weighted by Gasteiger charge is -2.27. The van der Waals surface area contributed by atoms with Crippen molar-refractivity contribution in [3.05, 3.63) is 12.7 Å². The summed E-state index contributed by atoms with van der Waals surface area (Å²) in [5.74, 6) is 0. The van der Waals surface area contributed by atoms with Gasteiger partial charge >= 0.3 is 0 Å². The highest BCUT2D eigenvalue weighted by atomic mass is 16.5. The maximum atomic E-state index is 9.04. The lowest BCUT2D eigenvalue weighted by molar-refractivity contribution is -0.107. The van der Waals surface area contributed by atoms with E-state index in [9.17, 15) is 0 Å². The molecule has 1 saturated heterocycles. The Morgan fingerprint density at radius 3 is 2.73 bits per heavy atom. The maximum Gasteiger partial charge on any atom is 0.0253 e. The summed E-state index contributed by atoms with van der Waals surface area (Å²) < 4.78 is 0. The highest BCUT2D eigenvalue weighted by Crippen LogP contribution is 2.07. The summed E-state index contributed by atoms with van der Waals surface area (Å²) >= 11 is 0. The Kier molecular flexibility index (Phi) is 3.56. The molecular formula is C8H16N2O. The molecule has 0 unspecified atom stereocenters. The minimum absolute atomic E-state index is 0.566. The number of hydrogen-bond acceptors (Lipinski definition) is 3. The van der Waals surface area contributed by atoms with Crippen LogP contribution in [0.1, 0.15) is 12.8 Å². The van der Waals surface area contributed by atoms with Gasteiger partial charge in [0.2, 0.25) is 0 Å². The first-order chi connectivity index (χ1) is 5.33. The monoisotopic (exact) mass is 156 g/mol. The Morgan fingerprint density at radius 1 is 1.55 bits per heavy atom. The van der Waals surface area contributed by atoms with Gasteiger partial charge in [-0.05, 0) is 12.8 Å². The van der Waals surface area contributed by atoms with E-state index in [2.05, 4.69) is 11.9 Å². The van der Waals surface area contributed by atoms with Gasteiger partial charge in [-0.2, -0.15) is 5.06 Å². The number of hydrogen-bond donors (Lipinski definition) is 2. The van der Waals surface area contributed by atoms with Gasteiger partial charge in [-0.25, -0.2) is 0 Å². The van der Waals surface area contributed by atoms with Crippen molar-refractivity contribution in [3.63, 3.8) is 0 Å². The minimum atomic E-state index is 0.566. The van der Waals surface area contributed by atoms with Crippen molar-refractivity contribution in [1.82, 2.24) is 10.4 Å². The number of rotatable bonds is 3. The van der Waals surface area contributed by atoms with Gasteiger partial charge in [0.25, 0.3) is 0 Å². The van der Waals surface area contributed by atoms with Crippen LogP contribution >= 0.6 is 0 Å². The predicted octanol–water partition coefficient (Wildman–Crippen LogP) is 0.616. The van der Waals surface area contributed by atoms with E-state index in [0.29, 0.717) is 6.04 Å². The molecule has 3 nitrogen and oxygen atoms in total. The average Bonchev–Trinajstić information content (AvgIpc) is 2.04. The first-order valence-corrected chi connectivity index (χ1v) is 4.11. The Hall–Kier alpha value is -0.380. The third kappa shape index (κ3) is 3.01. The molecule has 0 spiro atoms. The van der Waals surface area contributed by atoms with Crippen LogP contribution in [0.2, 0.25) is 0 Å². The molecule has 1 aliphatic heterocycles. The molecule has 0 aromatic carbocycles. The van der Waals surface area contributed by atoms with Crippen LogP contribution in [0, 0.1) is 0 Å². The molecule has 0 atom stereocenters. The van der Waals surface area contributed by atoms with Crippen molar-refractivity contribution in [1.29, 1.82) is 0 Å². The molecule has 0 radical (unpaired) electrons. The summed E-state index contributed by atoms with van der Waals surface area (Å²) in [5.41, 5.74) is 0. The molecule has 0 aromatic heterocycles. The molecule has 0 saturated carbocycles. The number of hydroxylamine groups is 2. The second-order valence-corrected chi connectivity index (χ2v) is 2.92. The third-order valence-corrected chi connectivity index (χ3v) is 2.02. The first-order valence-electron chi connectivity index (χ1n) is 4.11. The van der Waals surface area contributed by atoms with Crippen molar-refractivity contribution < 1.29 is 5.21 Å². The molecule has 0 bridgehead atoms. The van der Waals surface area contributed by atoms with E-state index >= 15 is 0 Å². The standard InChI is InChI=1S/C8H16N2O/c1-2-5-9-8-3-6-10(11)7-4-8/h2,8-9,11H,1,3-7H2. The Labute approximate surface area is 67.7 Å². The minimum Gasteiger partial charge on any atom is -0.314 e. The molecule has 0 amide bonds. The summed E-state index contributed by atoms with van der Waals surface area (Å²) in [6.07, 6.45) is 3.93. The summed E-state index contributed by atoms with van der Waals surface area (Å²) in [5, 5.41) is 13.8. The van der Waals surface area contributed by atoms with Crippen LogP contribution in [-0.2, 0) is 0 Å². The van der Waals surface area contributed by atoms with E-state index in [0.717, 1.165) is 32.5 Å². The summed E-state index contributed by atoms with van der Waals surface area (Å²) in [7, 11) is 0. The van der Waals surface area contributed by atoms with Crippen molar-refractivity contribution in [2.24, 2.45) is 0 Å². The average molecular weight is 156 g/mol. The third-order valence-electron chi connectivity index (χ3n) is 2.02. The zero-order chi connectivity index (χ0) is 8.10. The van der Waals surface area contributed by atoms with Gasteiger partial charge in [-0.1, -0.05) is 6.08 Å². The van der Waals surface area contributed by atoms with Gasteiger partial charge in [-0.3, -0.25) is 0 Å². The van der Waals surface area contributed by atoms with E-state index in [1.54, 1.807) is 0 Å². The Bertz CT molecular complexity index is 119. The van der Waals surface area contributed by atoms with Gasteiger partial charge in [0.05, 0.1) is 0 Å². The number of nitrogens with zero attached hydrogens (tertiary/aromatic N) is 1. The Balaban J connectivity index is 2.12. The van der Waals surface area contributed by atoms with E-state index in [4.69, 9.17) is 5.21 Å². The Morgan fingerprint density at radius 2 is 2.18 bits per heavy atom. The van der Waals surface area contributed by atoms with Crippen molar-refractivity contribution >= 4 is 0 Å². The smallest absolute Gasteiger partial charge is 0.0253 e. The van der Waals surface area contributed by atoms with Crippen LogP contribution in [0.5, 0.6) is 0 Å². The number of nitrogens with one attached hydrogen (secondary N) is 1. The highest BCUT2D eigenvalue weighted by Gasteiger charge is 2.15. The van der Waals surface area contributed by atoms with Crippen LogP contribution in [0.3, 0.4) is 0 Å². The SMILES string of the molecule is C=CCNC1CCN(O)CC1. The van der Waals surface area contributed by atoms with Crippen LogP contribution in [0.25, 0.3) is 0 Å². The van der Waals surface area contributed by atoms with Crippen LogP contribution in [-0.4, -0.2) is 35.9 Å². The molecule has 1 fully saturated rings. The summed E-state index contributed by atoms with van der Waals surface area (Å²) in [4.78, 5) is 0. The van der Waals surface area contributed by atoms with Crippen molar-refractivity contribution in [3.8, 4) is 0 Å². The quantitative estimate of drug-likeness (QED) is 0.588. The fourth-order valence-electron chi connectivity index (χ4n) is 1.32. The van der Waals surface area contributed by atoms with Crippen molar-refractivity contribution in [2.75, 3.05) is 19.6 Å². The zero-order valence-electron chi connectivity index (χ0n) is 6.79. The summed E-state index contributed by atoms with van der Waals surface area (Å²) in [6, 6.07) is 0.566. The second-order valence-electron chi connectivity index (χ2n) is 2.92. The maximum absolute atomic E-state index is 9.04. The molecule has 1 aliphatic rings. The molecule has 0 aliphatic carbocycles. The van der Waals surface area contributed by atoms with Crippen molar-refractivity contribution in [2.45, 2.75) is 18.9 Å². The van der Waals surface area contributed by atoms with Gasteiger partial charge in [0, 0.05) is 25.7 Å². The zero-order valence-corrected chi connectivity index (χ0v) is 6.79. The largest absolute Gasteiger partial charge is 0.314 e. The molecule has 2 N–H and O–H groups in total. The van der Waals surface area contributed by atoms with E-state index in [1.165, 1.54) is 5.06 Å². The predicted molar refractivity (Wildman–Crippen MR) is 44.6 cm³/mol. The van der Waals surface area contributed by atoms with E-state index in [-0.39, 0.29) is 0 Å². The molecule has 1 heterocycles. The fourth-order valence-corrected chi connectivity index (χ4v) is 1.32. The lowest BCUT2D eigenvalue weighted by atomic mass is 10.1. The van der Waals surface area contributed by atoms with E-state index in [1.807, 2.05) is 6.08 Å². The first kappa shape index (κ1) is 8.71. The van der Waals surface area contributed by atoms with Gasteiger partial charge in [0.1, 0.15) is 0 Å². The molecule has 3 heteroatoms. The topological polar surface area (TPSA) is 35.5 Å². The molecular weight excluding hydrogens is 140 g/mol. The number of piperidine rings is 1. The van der Waals surface area contributed by atoms with E-state index < -0.39 is 0 Å². The molecule has 64 valence electrons. The molecule has 11 heavy (non-hydrogen) atoms. The summed E-state index contributed by atoms with van der Waals surface area (Å²) in [6.45, 7) is 6.08. The van der Waals surface area contributed by atoms with Gasteiger partial charge < -0.3 is 10.5 Å². The molecule has 0 aromatic rings. The van der Waals surface area contributed by atoms with Crippen LogP contribution < -0.4 is 5.32 Å². The van der Waals surface area contributed by atoms with Crippen LogP contribution in [0.15, 0.2) is 12.7 Å². The van der Waals surface area contributed by atoms with Crippen LogP contribution in [0.4, 0.5) is 0 Å². The second kappa shape index (κ2) is 4.49. The lowest BCUT2D eigenvalue weighted by Crippen LogP contribution is -2.41. The normalized spacial score (nSPS) is 21.9. The van der Waals surface area contributed by atoms with Gasteiger partial charge in [-0.15, -0.1) is 6.58 Å². The molecule has 1 rings (SSSR count).